The zero-order chi connectivity index (χ0) is 10.8. The summed E-state index contributed by atoms with van der Waals surface area (Å²) in [7, 11) is 0. The highest BCUT2D eigenvalue weighted by atomic mass is 16.3. The van der Waals surface area contributed by atoms with Crippen molar-refractivity contribution in [3.63, 3.8) is 0 Å². The number of benzene rings is 1. The molecule has 1 heterocycles. The molecule has 0 aliphatic rings. The van der Waals surface area contributed by atoms with E-state index in [2.05, 4.69) is 26.0 Å². The Morgan fingerprint density at radius 2 is 1.93 bits per heavy atom. The number of furan rings is 1. The van der Waals surface area contributed by atoms with Gasteiger partial charge in [-0.15, -0.1) is 0 Å². The molecule has 0 saturated carbocycles. The highest BCUT2D eigenvalue weighted by molar-refractivity contribution is 5.68. The summed E-state index contributed by atoms with van der Waals surface area (Å²) in [4.78, 5) is 0. The molecule has 0 amide bonds. The molecule has 2 aromatic rings. The van der Waals surface area contributed by atoms with Gasteiger partial charge in [0.1, 0.15) is 0 Å². The van der Waals surface area contributed by atoms with Gasteiger partial charge in [0.25, 0.3) is 0 Å². The van der Waals surface area contributed by atoms with E-state index in [1.165, 1.54) is 5.56 Å². The summed E-state index contributed by atoms with van der Waals surface area (Å²) >= 11 is 0. The van der Waals surface area contributed by atoms with Crippen molar-refractivity contribution in [2.45, 2.75) is 19.8 Å². The van der Waals surface area contributed by atoms with Crippen molar-refractivity contribution in [3.05, 3.63) is 42.4 Å². The lowest BCUT2D eigenvalue weighted by Gasteiger charge is -2.10. The number of nitrogens with two attached hydrogens (primary N) is 1. The molecule has 0 fully saturated rings. The first-order valence-corrected chi connectivity index (χ1v) is 5.10. The molecule has 0 spiro atoms. The van der Waals surface area contributed by atoms with E-state index in [0.717, 1.165) is 16.8 Å². The first-order chi connectivity index (χ1) is 7.18. The molecule has 15 heavy (non-hydrogen) atoms. The summed E-state index contributed by atoms with van der Waals surface area (Å²) in [6.07, 6.45) is 3.39. The van der Waals surface area contributed by atoms with Crippen LogP contribution < -0.4 is 5.73 Å². The number of anilines is 1. The van der Waals surface area contributed by atoms with Gasteiger partial charge in [-0.1, -0.05) is 26.0 Å². The molecule has 0 unspecified atom stereocenters. The van der Waals surface area contributed by atoms with Crippen molar-refractivity contribution in [2.24, 2.45) is 0 Å². The third kappa shape index (κ3) is 1.89. The Bertz CT molecular complexity index is 444. The van der Waals surface area contributed by atoms with Crippen LogP contribution in [0.2, 0.25) is 0 Å². The maximum atomic E-state index is 6.00. The molecular formula is C13H15NO. The van der Waals surface area contributed by atoms with Crippen molar-refractivity contribution < 1.29 is 4.42 Å². The van der Waals surface area contributed by atoms with Crippen LogP contribution in [0.3, 0.4) is 0 Å². The Kier molecular flexibility index (Phi) is 2.50. The summed E-state index contributed by atoms with van der Waals surface area (Å²) < 4.78 is 5.05. The fourth-order valence-corrected chi connectivity index (χ4v) is 1.71. The standard InChI is InChI=1S/C13H15NO/c1-9(2)12-4-3-10(7-13(12)14)11-5-6-15-8-11/h3-9H,14H2,1-2H3. The van der Waals surface area contributed by atoms with Crippen LogP contribution in [0.15, 0.2) is 41.2 Å². The summed E-state index contributed by atoms with van der Waals surface area (Å²) in [5.74, 6) is 0.461. The normalized spacial score (nSPS) is 10.9. The second-order valence-corrected chi connectivity index (χ2v) is 4.01. The van der Waals surface area contributed by atoms with E-state index in [4.69, 9.17) is 10.2 Å². The van der Waals surface area contributed by atoms with Gasteiger partial charge in [-0.3, -0.25) is 0 Å². The van der Waals surface area contributed by atoms with Gasteiger partial charge in [-0.05, 0) is 29.2 Å². The molecular weight excluding hydrogens is 186 g/mol. The predicted molar refractivity (Wildman–Crippen MR) is 62.6 cm³/mol. The van der Waals surface area contributed by atoms with Gasteiger partial charge in [0, 0.05) is 11.3 Å². The smallest absolute Gasteiger partial charge is 0.0980 e. The molecule has 78 valence electrons. The first kappa shape index (κ1) is 9.84. The van der Waals surface area contributed by atoms with Gasteiger partial charge in [-0.25, -0.2) is 0 Å². The molecule has 0 saturated heterocycles. The van der Waals surface area contributed by atoms with Gasteiger partial charge >= 0.3 is 0 Å². The van der Waals surface area contributed by atoms with Crippen LogP contribution in [0.5, 0.6) is 0 Å². The van der Waals surface area contributed by atoms with E-state index < -0.39 is 0 Å². The van der Waals surface area contributed by atoms with E-state index >= 15 is 0 Å². The highest BCUT2D eigenvalue weighted by Crippen LogP contribution is 2.28. The SMILES string of the molecule is CC(C)c1ccc(-c2ccoc2)cc1N. The minimum absolute atomic E-state index is 0.461. The quantitative estimate of drug-likeness (QED) is 0.753. The third-order valence-electron chi connectivity index (χ3n) is 2.56. The summed E-state index contributed by atoms with van der Waals surface area (Å²) in [5, 5.41) is 0. The van der Waals surface area contributed by atoms with Gasteiger partial charge < -0.3 is 10.2 Å². The predicted octanol–water partition coefficient (Wildman–Crippen LogP) is 3.65. The van der Waals surface area contributed by atoms with E-state index in [9.17, 15) is 0 Å². The average Bonchev–Trinajstić information content (AvgIpc) is 2.69. The summed E-state index contributed by atoms with van der Waals surface area (Å²) in [5.41, 5.74) is 10.2. The molecule has 1 aromatic heterocycles. The zero-order valence-electron chi connectivity index (χ0n) is 9.03. The minimum atomic E-state index is 0.461. The van der Waals surface area contributed by atoms with E-state index in [1.54, 1.807) is 12.5 Å². The van der Waals surface area contributed by atoms with E-state index in [1.807, 2.05) is 12.1 Å². The van der Waals surface area contributed by atoms with E-state index in [0.29, 0.717) is 5.92 Å². The second-order valence-electron chi connectivity index (χ2n) is 4.01. The monoisotopic (exact) mass is 201 g/mol. The molecule has 0 bridgehead atoms. The molecule has 2 N–H and O–H groups in total. The van der Waals surface area contributed by atoms with Crippen LogP contribution in [0, 0.1) is 0 Å². The van der Waals surface area contributed by atoms with Crippen LogP contribution in [0.25, 0.3) is 11.1 Å². The maximum Gasteiger partial charge on any atom is 0.0980 e. The Hall–Kier alpha value is -1.70. The fraction of sp³-hybridized carbons (Fsp3) is 0.231. The Labute approximate surface area is 89.7 Å². The Morgan fingerprint density at radius 3 is 2.47 bits per heavy atom. The van der Waals surface area contributed by atoms with Crippen molar-refractivity contribution in [3.8, 4) is 11.1 Å². The summed E-state index contributed by atoms with van der Waals surface area (Å²) in [6, 6.07) is 8.10. The zero-order valence-corrected chi connectivity index (χ0v) is 9.03. The second kappa shape index (κ2) is 3.81. The van der Waals surface area contributed by atoms with Gasteiger partial charge in [-0.2, -0.15) is 0 Å². The molecule has 0 atom stereocenters. The largest absolute Gasteiger partial charge is 0.472 e. The third-order valence-corrected chi connectivity index (χ3v) is 2.56. The Balaban J connectivity index is 2.42. The maximum absolute atomic E-state index is 6.00. The van der Waals surface area contributed by atoms with Crippen LogP contribution in [0.4, 0.5) is 5.69 Å². The Morgan fingerprint density at radius 1 is 1.13 bits per heavy atom. The van der Waals surface area contributed by atoms with Crippen molar-refractivity contribution in [1.82, 2.24) is 0 Å². The van der Waals surface area contributed by atoms with Crippen molar-refractivity contribution in [1.29, 1.82) is 0 Å². The highest BCUT2D eigenvalue weighted by Gasteiger charge is 2.06. The number of hydrogen-bond donors (Lipinski definition) is 1. The lowest BCUT2D eigenvalue weighted by molar-refractivity contribution is 0.568. The minimum Gasteiger partial charge on any atom is -0.472 e. The number of nitrogen functional groups attached to an aromatic ring is 1. The molecule has 0 aliphatic heterocycles. The molecule has 0 radical (unpaired) electrons. The van der Waals surface area contributed by atoms with Crippen LogP contribution >= 0.6 is 0 Å². The van der Waals surface area contributed by atoms with Crippen LogP contribution in [0.1, 0.15) is 25.3 Å². The van der Waals surface area contributed by atoms with Crippen LogP contribution in [-0.2, 0) is 0 Å². The molecule has 2 rings (SSSR count). The molecule has 0 aliphatic carbocycles. The van der Waals surface area contributed by atoms with Crippen LogP contribution in [-0.4, -0.2) is 0 Å². The molecule has 1 aromatic carbocycles. The molecule has 2 heteroatoms. The number of rotatable bonds is 2. The topological polar surface area (TPSA) is 39.2 Å². The lowest BCUT2D eigenvalue weighted by Crippen LogP contribution is -1.96. The average molecular weight is 201 g/mol. The van der Waals surface area contributed by atoms with Crippen molar-refractivity contribution in [2.75, 3.05) is 5.73 Å². The molecule has 2 nitrogen and oxygen atoms in total. The van der Waals surface area contributed by atoms with Crippen molar-refractivity contribution >= 4 is 5.69 Å². The van der Waals surface area contributed by atoms with Gasteiger partial charge in [0.2, 0.25) is 0 Å². The lowest BCUT2D eigenvalue weighted by atomic mass is 9.98. The van der Waals surface area contributed by atoms with Gasteiger partial charge in [0.15, 0.2) is 0 Å². The van der Waals surface area contributed by atoms with Gasteiger partial charge in [0.05, 0.1) is 12.5 Å². The first-order valence-electron chi connectivity index (χ1n) is 5.10. The fourth-order valence-electron chi connectivity index (χ4n) is 1.71. The van der Waals surface area contributed by atoms with E-state index in [-0.39, 0.29) is 0 Å². The number of hydrogen-bond acceptors (Lipinski definition) is 2. The summed E-state index contributed by atoms with van der Waals surface area (Å²) in [6.45, 7) is 4.28.